The Bertz CT molecular complexity index is 513. The van der Waals surface area contributed by atoms with Gasteiger partial charge in [0, 0.05) is 12.1 Å². The Morgan fingerprint density at radius 1 is 1.37 bits per heavy atom. The van der Waals surface area contributed by atoms with Gasteiger partial charge in [0.1, 0.15) is 11.3 Å². The number of nitrogens with zero attached hydrogens (tertiary/aromatic N) is 1. The van der Waals surface area contributed by atoms with Crippen LogP contribution in [0.3, 0.4) is 0 Å². The molecule has 19 heavy (non-hydrogen) atoms. The third-order valence-corrected chi connectivity index (χ3v) is 3.19. The Hall–Kier alpha value is -2.04. The Balaban J connectivity index is 2.35. The van der Waals surface area contributed by atoms with Crippen LogP contribution in [0.2, 0.25) is 0 Å². The molecule has 1 aliphatic heterocycles. The van der Waals surface area contributed by atoms with Crippen molar-refractivity contribution < 1.29 is 9.53 Å². The first kappa shape index (κ1) is 13.4. The number of rotatable bonds is 4. The number of para-hydroxylation sites is 1. The van der Waals surface area contributed by atoms with Gasteiger partial charge in [-0.25, -0.2) is 0 Å². The molecule has 1 aromatic rings. The molecule has 0 aromatic heterocycles. The Labute approximate surface area is 113 Å². The zero-order valence-corrected chi connectivity index (χ0v) is 11.5. The maximum atomic E-state index is 12.2. The van der Waals surface area contributed by atoms with E-state index in [9.17, 15) is 4.79 Å². The van der Waals surface area contributed by atoms with Gasteiger partial charge in [0.25, 0.3) is 5.91 Å². The fraction of sp³-hybridized carbons (Fsp3) is 0.429. The fourth-order valence-electron chi connectivity index (χ4n) is 2.11. The number of aliphatic imine (C=N–C) groups is 1. The molecule has 1 atom stereocenters. The van der Waals surface area contributed by atoms with Crippen LogP contribution in [-0.4, -0.2) is 25.5 Å². The van der Waals surface area contributed by atoms with Gasteiger partial charge in [0.2, 0.25) is 0 Å². The maximum absolute atomic E-state index is 12.2. The van der Waals surface area contributed by atoms with Gasteiger partial charge in [0.15, 0.2) is 5.96 Å². The van der Waals surface area contributed by atoms with Crippen molar-refractivity contribution in [3.05, 3.63) is 29.8 Å². The highest BCUT2D eigenvalue weighted by Gasteiger charge is 2.43. The number of ether oxygens (including phenoxy) is 1. The monoisotopic (exact) mass is 261 g/mol. The highest BCUT2D eigenvalue weighted by molar-refractivity contribution is 6.09. The van der Waals surface area contributed by atoms with Gasteiger partial charge in [-0.1, -0.05) is 25.1 Å². The van der Waals surface area contributed by atoms with Crippen molar-refractivity contribution in [2.45, 2.75) is 25.8 Å². The van der Waals surface area contributed by atoms with Crippen molar-refractivity contribution in [2.75, 3.05) is 13.7 Å². The first-order valence-electron chi connectivity index (χ1n) is 6.39. The number of guanidine groups is 1. The van der Waals surface area contributed by atoms with E-state index in [0.717, 1.165) is 12.0 Å². The Kier molecular flexibility index (Phi) is 3.74. The summed E-state index contributed by atoms with van der Waals surface area (Å²) in [5, 5.41) is 5.93. The average molecular weight is 261 g/mol. The average Bonchev–Trinajstić information content (AvgIpc) is 2.72. The van der Waals surface area contributed by atoms with Crippen molar-refractivity contribution in [1.82, 2.24) is 10.6 Å². The Morgan fingerprint density at radius 2 is 2.11 bits per heavy atom. The zero-order valence-electron chi connectivity index (χ0n) is 11.5. The Morgan fingerprint density at radius 3 is 2.79 bits per heavy atom. The summed E-state index contributed by atoms with van der Waals surface area (Å²) in [5.74, 6) is 1.09. The van der Waals surface area contributed by atoms with E-state index in [1.807, 2.05) is 38.1 Å². The first-order chi connectivity index (χ1) is 9.11. The highest BCUT2D eigenvalue weighted by Crippen LogP contribution is 2.31. The summed E-state index contributed by atoms with van der Waals surface area (Å²) in [6.07, 6.45) is 0.937. The van der Waals surface area contributed by atoms with Gasteiger partial charge >= 0.3 is 0 Å². The fourth-order valence-corrected chi connectivity index (χ4v) is 2.11. The van der Waals surface area contributed by atoms with Crippen LogP contribution in [0, 0.1) is 0 Å². The lowest BCUT2D eigenvalue weighted by Crippen LogP contribution is -2.41. The summed E-state index contributed by atoms with van der Waals surface area (Å²) >= 11 is 0. The molecule has 1 unspecified atom stereocenters. The van der Waals surface area contributed by atoms with E-state index in [2.05, 4.69) is 15.6 Å². The standard InChI is InChI=1S/C14H19N3O2/c1-4-9-15-13-16-12(18)14(2,17-13)10-7-5-6-8-11(10)19-3/h5-8H,4,9H2,1-3H3,(H2,15,16,17,18). The zero-order chi connectivity index (χ0) is 13.9. The summed E-state index contributed by atoms with van der Waals surface area (Å²) in [6, 6.07) is 7.49. The van der Waals surface area contributed by atoms with Crippen molar-refractivity contribution in [1.29, 1.82) is 0 Å². The van der Waals surface area contributed by atoms with E-state index in [1.54, 1.807) is 7.11 Å². The van der Waals surface area contributed by atoms with Crippen molar-refractivity contribution >= 4 is 11.9 Å². The topological polar surface area (TPSA) is 62.7 Å². The minimum absolute atomic E-state index is 0.119. The SMILES string of the molecule is CCCN=C1NC(=O)C(C)(c2ccccc2OC)N1. The molecule has 0 radical (unpaired) electrons. The molecule has 1 saturated heterocycles. The summed E-state index contributed by atoms with van der Waals surface area (Å²) in [4.78, 5) is 16.5. The lowest BCUT2D eigenvalue weighted by molar-refractivity contribution is -0.123. The summed E-state index contributed by atoms with van der Waals surface area (Å²) < 4.78 is 5.33. The van der Waals surface area contributed by atoms with E-state index in [1.165, 1.54) is 0 Å². The van der Waals surface area contributed by atoms with Crippen LogP contribution in [0.1, 0.15) is 25.8 Å². The van der Waals surface area contributed by atoms with Crippen LogP contribution in [0.4, 0.5) is 0 Å². The number of nitrogens with one attached hydrogen (secondary N) is 2. The van der Waals surface area contributed by atoms with Crippen LogP contribution in [-0.2, 0) is 10.3 Å². The molecule has 1 heterocycles. The summed E-state index contributed by atoms with van der Waals surface area (Å²) in [6.45, 7) is 4.56. The molecule has 1 amide bonds. The van der Waals surface area contributed by atoms with E-state index >= 15 is 0 Å². The van der Waals surface area contributed by atoms with E-state index in [4.69, 9.17) is 4.74 Å². The number of hydrogen-bond acceptors (Lipinski definition) is 3. The van der Waals surface area contributed by atoms with Gasteiger partial charge in [-0.3, -0.25) is 15.1 Å². The smallest absolute Gasteiger partial charge is 0.256 e. The number of carbonyl (C=O) groups excluding carboxylic acids is 1. The molecule has 1 aromatic carbocycles. The number of benzene rings is 1. The third kappa shape index (κ3) is 2.41. The summed E-state index contributed by atoms with van der Waals surface area (Å²) in [5.41, 5.74) is -0.0455. The van der Waals surface area contributed by atoms with Gasteiger partial charge < -0.3 is 10.1 Å². The van der Waals surface area contributed by atoms with E-state index in [0.29, 0.717) is 18.3 Å². The van der Waals surface area contributed by atoms with Gasteiger partial charge in [0.05, 0.1) is 7.11 Å². The molecule has 2 rings (SSSR count). The minimum atomic E-state index is -0.848. The number of amides is 1. The van der Waals surface area contributed by atoms with E-state index in [-0.39, 0.29) is 5.91 Å². The second-order valence-electron chi connectivity index (χ2n) is 4.63. The predicted molar refractivity (Wildman–Crippen MR) is 74.2 cm³/mol. The number of carbonyl (C=O) groups is 1. The van der Waals surface area contributed by atoms with E-state index < -0.39 is 5.54 Å². The number of methoxy groups -OCH3 is 1. The van der Waals surface area contributed by atoms with Crippen LogP contribution in [0.5, 0.6) is 5.75 Å². The van der Waals surface area contributed by atoms with Crippen LogP contribution in [0.15, 0.2) is 29.3 Å². The van der Waals surface area contributed by atoms with Crippen molar-refractivity contribution in [3.8, 4) is 5.75 Å². The molecule has 102 valence electrons. The summed E-state index contributed by atoms with van der Waals surface area (Å²) in [7, 11) is 1.60. The molecular weight excluding hydrogens is 242 g/mol. The van der Waals surface area contributed by atoms with Crippen LogP contribution < -0.4 is 15.4 Å². The maximum Gasteiger partial charge on any atom is 0.256 e. The molecule has 0 saturated carbocycles. The molecule has 1 aliphatic rings. The molecule has 0 aliphatic carbocycles. The molecular formula is C14H19N3O2. The van der Waals surface area contributed by atoms with Crippen LogP contribution in [0.25, 0.3) is 0 Å². The minimum Gasteiger partial charge on any atom is -0.496 e. The quantitative estimate of drug-likeness (QED) is 0.861. The molecule has 5 heteroatoms. The largest absolute Gasteiger partial charge is 0.496 e. The van der Waals surface area contributed by atoms with Gasteiger partial charge in [-0.05, 0) is 19.4 Å². The normalized spacial score (nSPS) is 24.2. The lowest BCUT2D eigenvalue weighted by atomic mass is 9.91. The van der Waals surface area contributed by atoms with Gasteiger partial charge in [-0.2, -0.15) is 0 Å². The predicted octanol–water partition coefficient (Wildman–Crippen LogP) is 1.40. The molecule has 0 spiro atoms. The number of hydrogen-bond donors (Lipinski definition) is 2. The lowest BCUT2D eigenvalue weighted by Gasteiger charge is -2.23. The second-order valence-corrected chi connectivity index (χ2v) is 4.63. The van der Waals surface area contributed by atoms with Crippen molar-refractivity contribution in [2.24, 2.45) is 4.99 Å². The van der Waals surface area contributed by atoms with Crippen LogP contribution >= 0.6 is 0 Å². The first-order valence-corrected chi connectivity index (χ1v) is 6.39. The van der Waals surface area contributed by atoms with Gasteiger partial charge in [-0.15, -0.1) is 0 Å². The molecule has 5 nitrogen and oxygen atoms in total. The third-order valence-electron chi connectivity index (χ3n) is 3.19. The molecule has 2 N–H and O–H groups in total. The molecule has 1 fully saturated rings. The highest BCUT2D eigenvalue weighted by atomic mass is 16.5. The second kappa shape index (κ2) is 5.30. The van der Waals surface area contributed by atoms with Crippen molar-refractivity contribution in [3.63, 3.8) is 0 Å². The molecule has 0 bridgehead atoms.